The summed E-state index contributed by atoms with van der Waals surface area (Å²) in [6.07, 6.45) is 0. The van der Waals surface area contributed by atoms with Crippen LogP contribution in [-0.2, 0) is 4.74 Å². The van der Waals surface area contributed by atoms with Crippen molar-refractivity contribution in [2.75, 3.05) is 11.9 Å². The van der Waals surface area contributed by atoms with Gasteiger partial charge >= 0.3 is 5.97 Å². The van der Waals surface area contributed by atoms with Crippen LogP contribution in [0.25, 0.3) is 10.4 Å². The van der Waals surface area contributed by atoms with Crippen LogP contribution in [0.4, 0.5) is 10.1 Å². The van der Waals surface area contributed by atoms with Crippen LogP contribution in [0.15, 0.2) is 54.6 Å². The topological polar surface area (TPSA) is 55.4 Å². The zero-order valence-corrected chi connectivity index (χ0v) is 15.9. The summed E-state index contributed by atoms with van der Waals surface area (Å²) in [5.74, 6) is -1.28. The zero-order chi connectivity index (χ0) is 19.4. The third-order valence-electron chi connectivity index (χ3n) is 3.66. The number of hydrogen-bond acceptors (Lipinski definition) is 4. The van der Waals surface area contributed by atoms with Crippen LogP contribution in [0.1, 0.15) is 27.0 Å². The van der Waals surface area contributed by atoms with Crippen LogP contribution < -0.4 is 5.32 Å². The van der Waals surface area contributed by atoms with Crippen molar-refractivity contribution in [1.82, 2.24) is 0 Å². The van der Waals surface area contributed by atoms with Crippen molar-refractivity contribution < 1.29 is 18.7 Å². The van der Waals surface area contributed by atoms with Gasteiger partial charge < -0.3 is 10.1 Å². The molecule has 0 spiro atoms. The van der Waals surface area contributed by atoms with E-state index in [1.54, 1.807) is 43.3 Å². The second-order valence-corrected chi connectivity index (χ2v) is 7.03. The predicted octanol–water partition coefficient (Wildman–Crippen LogP) is 5.64. The lowest BCUT2D eigenvalue weighted by Gasteiger charge is -2.06. The molecule has 1 amide bonds. The van der Waals surface area contributed by atoms with Gasteiger partial charge in [0.1, 0.15) is 10.7 Å². The third kappa shape index (κ3) is 4.53. The SMILES string of the molecule is CCOC(=O)c1sc(-c2ccc(F)cc2)cc1NC(=O)c1cccc(Cl)c1. The Balaban J connectivity index is 1.95. The molecule has 4 nitrogen and oxygen atoms in total. The van der Waals surface area contributed by atoms with Crippen LogP contribution in [0.3, 0.4) is 0 Å². The van der Waals surface area contributed by atoms with Gasteiger partial charge in [0.2, 0.25) is 0 Å². The maximum Gasteiger partial charge on any atom is 0.350 e. The number of benzene rings is 2. The molecule has 3 rings (SSSR count). The molecule has 0 aliphatic carbocycles. The molecule has 7 heteroatoms. The molecule has 0 unspecified atom stereocenters. The van der Waals surface area contributed by atoms with Gasteiger partial charge in [0, 0.05) is 15.5 Å². The number of thiophene rings is 1. The van der Waals surface area contributed by atoms with E-state index in [1.165, 1.54) is 29.5 Å². The Kier molecular flexibility index (Phi) is 5.88. The molecule has 1 N–H and O–H groups in total. The normalized spacial score (nSPS) is 10.5. The first-order chi connectivity index (χ1) is 13.0. The molecule has 0 saturated carbocycles. The van der Waals surface area contributed by atoms with Crippen LogP contribution in [0.5, 0.6) is 0 Å². The van der Waals surface area contributed by atoms with Gasteiger partial charge in [-0.15, -0.1) is 11.3 Å². The monoisotopic (exact) mass is 403 g/mol. The summed E-state index contributed by atoms with van der Waals surface area (Å²) in [4.78, 5) is 25.8. The lowest BCUT2D eigenvalue weighted by atomic mass is 10.1. The average molecular weight is 404 g/mol. The van der Waals surface area contributed by atoms with Crippen molar-refractivity contribution in [1.29, 1.82) is 0 Å². The molecule has 1 aromatic heterocycles. The van der Waals surface area contributed by atoms with E-state index in [0.29, 0.717) is 21.2 Å². The number of carbonyl (C=O) groups is 2. The highest BCUT2D eigenvalue weighted by Crippen LogP contribution is 2.35. The van der Waals surface area contributed by atoms with Crippen molar-refractivity contribution in [2.45, 2.75) is 6.92 Å². The minimum absolute atomic E-state index is 0.213. The number of rotatable bonds is 5. The van der Waals surface area contributed by atoms with Gasteiger partial charge in [0.25, 0.3) is 5.91 Å². The van der Waals surface area contributed by atoms with Crippen molar-refractivity contribution in [3.8, 4) is 10.4 Å². The van der Waals surface area contributed by atoms with Gasteiger partial charge in [-0.1, -0.05) is 29.8 Å². The first-order valence-electron chi connectivity index (χ1n) is 8.11. The molecule has 27 heavy (non-hydrogen) atoms. The molecule has 0 saturated heterocycles. The number of ether oxygens (including phenoxy) is 1. The Labute approximate surface area is 164 Å². The van der Waals surface area contributed by atoms with E-state index >= 15 is 0 Å². The molecule has 0 atom stereocenters. The third-order valence-corrected chi connectivity index (χ3v) is 5.06. The number of amides is 1. The molecular formula is C20H15ClFNO3S. The fraction of sp³-hybridized carbons (Fsp3) is 0.100. The molecule has 0 radical (unpaired) electrons. The van der Waals surface area contributed by atoms with Gasteiger partial charge in [-0.25, -0.2) is 9.18 Å². The molecular weight excluding hydrogens is 389 g/mol. The quantitative estimate of drug-likeness (QED) is 0.561. The lowest BCUT2D eigenvalue weighted by Crippen LogP contribution is -2.14. The molecule has 0 aliphatic rings. The molecule has 0 fully saturated rings. The van der Waals surface area contributed by atoms with E-state index < -0.39 is 11.9 Å². The summed E-state index contributed by atoms with van der Waals surface area (Å²) in [5, 5.41) is 3.17. The van der Waals surface area contributed by atoms with E-state index in [-0.39, 0.29) is 17.3 Å². The van der Waals surface area contributed by atoms with Gasteiger partial charge in [-0.3, -0.25) is 4.79 Å². The van der Waals surface area contributed by atoms with E-state index in [2.05, 4.69) is 5.32 Å². The van der Waals surface area contributed by atoms with Crippen LogP contribution >= 0.6 is 22.9 Å². The smallest absolute Gasteiger partial charge is 0.350 e. The predicted molar refractivity (Wildman–Crippen MR) is 105 cm³/mol. The van der Waals surface area contributed by atoms with Crippen LogP contribution in [-0.4, -0.2) is 18.5 Å². The Hall–Kier alpha value is -2.70. The zero-order valence-electron chi connectivity index (χ0n) is 14.3. The summed E-state index contributed by atoms with van der Waals surface area (Å²) in [5.41, 5.74) is 1.43. The molecule has 0 bridgehead atoms. The van der Waals surface area contributed by atoms with E-state index in [4.69, 9.17) is 16.3 Å². The van der Waals surface area contributed by atoms with Crippen molar-refractivity contribution in [3.63, 3.8) is 0 Å². The number of halogens is 2. The fourth-order valence-electron chi connectivity index (χ4n) is 2.41. The number of hydrogen-bond donors (Lipinski definition) is 1. The number of carbonyl (C=O) groups excluding carboxylic acids is 2. The Morgan fingerprint density at radius 1 is 1.15 bits per heavy atom. The lowest BCUT2D eigenvalue weighted by molar-refractivity contribution is 0.0533. The van der Waals surface area contributed by atoms with E-state index in [0.717, 1.165) is 5.56 Å². The number of esters is 1. The van der Waals surface area contributed by atoms with Crippen LogP contribution in [0.2, 0.25) is 5.02 Å². The van der Waals surface area contributed by atoms with Crippen molar-refractivity contribution >= 4 is 40.5 Å². The second kappa shape index (κ2) is 8.33. The summed E-state index contributed by atoms with van der Waals surface area (Å²) < 4.78 is 18.3. The van der Waals surface area contributed by atoms with Gasteiger partial charge in [0.05, 0.1) is 12.3 Å². The second-order valence-electron chi connectivity index (χ2n) is 5.55. The van der Waals surface area contributed by atoms with E-state index in [1.807, 2.05) is 0 Å². The maximum absolute atomic E-state index is 13.2. The summed E-state index contributed by atoms with van der Waals surface area (Å²) in [7, 11) is 0. The summed E-state index contributed by atoms with van der Waals surface area (Å²) in [6, 6.07) is 14.1. The van der Waals surface area contributed by atoms with Crippen LogP contribution in [0, 0.1) is 5.82 Å². The first kappa shape index (κ1) is 19.1. The summed E-state index contributed by atoms with van der Waals surface area (Å²) >= 11 is 7.10. The summed E-state index contributed by atoms with van der Waals surface area (Å²) in [6.45, 7) is 1.92. The molecule has 1 heterocycles. The minimum atomic E-state index is -0.530. The standard InChI is InChI=1S/C20H15ClFNO3S/c1-2-26-20(25)18-16(23-19(24)13-4-3-5-14(21)10-13)11-17(27-18)12-6-8-15(22)9-7-12/h3-11H,2H2,1H3,(H,23,24). The highest BCUT2D eigenvalue weighted by molar-refractivity contribution is 7.18. The van der Waals surface area contributed by atoms with Gasteiger partial charge in [0.15, 0.2) is 0 Å². The largest absolute Gasteiger partial charge is 0.462 e. The Morgan fingerprint density at radius 3 is 2.56 bits per heavy atom. The Bertz CT molecular complexity index is 985. The first-order valence-corrected chi connectivity index (χ1v) is 9.31. The highest BCUT2D eigenvalue weighted by Gasteiger charge is 2.20. The fourth-order valence-corrected chi connectivity index (χ4v) is 3.62. The van der Waals surface area contributed by atoms with Crippen molar-refractivity contribution in [3.05, 3.63) is 75.9 Å². The molecule has 138 valence electrons. The minimum Gasteiger partial charge on any atom is -0.462 e. The van der Waals surface area contributed by atoms with E-state index in [9.17, 15) is 14.0 Å². The Morgan fingerprint density at radius 2 is 1.89 bits per heavy atom. The number of anilines is 1. The van der Waals surface area contributed by atoms with Gasteiger partial charge in [-0.2, -0.15) is 0 Å². The maximum atomic E-state index is 13.2. The molecule has 3 aromatic rings. The highest BCUT2D eigenvalue weighted by atomic mass is 35.5. The van der Waals surface area contributed by atoms with Gasteiger partial charge in [-0.05, 0) is 48.9 Å². The van der Waals surface area contributed by atoms with Crippen molar-refractivity contribution in [2.24, 2.45) is 0 Å². The molecule has 0 aliphatic heterocycles. The average Bonchev–Trinajstić information content (AvgIpc) is 3.06. The number of nitrogens with one attached hydrogen (secondary N) is 1. The molecule has 2 aromatic carbocycles.